The third-order valence-electron chi connectivity index (χ3n) is 4.75. The molecule has 1 aliphatic heterocycles. The van der Waals surface area contributed by atoms with Crippen LogP contribution >= 0.6 is 0 Å². The highest BCUT2D eigenvalue weighted by Crippen LogP contribution is 2.16. The smallest absolute Gasteiger partial charge is 0.194 e. The Morgan fingerprint density at radius 1 is 1.29 bits per heavy atom. The van der Waals surface area contributed by atoms with E-state index in [0.29, 0.717) is 12.6 Å². The fraction of sp³-hybridized carbons (Fsp3) is 0.682. The molecule has 0 spiro atoms. The van der Waals surface area contributed by atoms with E-state index in [1.807, 2.05) is 12.1 Å². The minimum Gasteiger partial charge on any atom is -0.489 e. The van der Waals surface area contributed by atoms with Crippen LogP contribution in [0, 0.1) is 6.92 Å². The minimum absolute atomic E-state index is 0.0251. The summed E-state index contributed by atoms with van der Waals surface area (Å²) in [5, 5.41) is 3.42. The zero-order valence-electron chi connectivity index (χ0n) is 17.9. The van der Waals surface area contributed by atoms with Gasteiger partial charge in [-0.3, -0.25) is 0 Å². The van der Waals surface area contributed by atoms with Crippen molar-refractivity contribution in [3.8, 4) is 5.75 Å². The maximum Gasteiger partial charge on any atom is 0.194 e. The van der Waals surface area contributed by atoms with Crippen LogP contribution in [-0.2, 0) is 9.47 Å². The van der Waals surface area contributed by atoms with E-state index in [1.54, 1.807) is 7.11 Å². The molecule has 1 atom stereocenters. The number of aryl methyl sites for hydroxylation is 1. The van der Waals surface area contributed by atoms with Gasteiger partial charge in [0.15, 0.2) is 5.96 Å². The lowest BCUT2D eigenvalue weighted by molar-refractivity contribution is 0.00988. The lowest BCUT2D eigenvalue weighted by atomic mass is 10.1. The molecule has 1 aromatic carbocycles. The molecule has 0 bridgehead atoms. The molecule has 0 aromatic heterocycles. The van der Waals surface area contributed by atoms with Crippen LogP contribution in [0.3, 0.4) is 0 Å². The Hall–Kier alpha value is -1.79. The van der Waals surface area contributed by atoms with E-state index in [2.05, 4.69) is 43.1 Å². The molecule has 1 N–H and O–H groups in total. The van der Waals surface area contributed by atoms with Crippen LogP contribution in [0.5, 0.6) is 5.75 Å². The standard InChI is InChI=1S/C22H37N3O3/c1-5-23-22(24-17-19(3)28-21-9-6-8-18(2)16-21)25-12-10-20(11-13-25)27-15-7-14-26-4/h6,8-9,16,19-20H,5,7,10-15,17H2,1-4H3,(H,23,24). The van der Waals surface area contributed by atoms with Crippen LogP contribution in [0.15, 0.2) is 29.3 Å². The molecule has 6 nitrogen and oxygen atoms in total. The molecule has 1 heterocycles. The van der Waals surface area contributed by atoms with Crippen LogP contribution in [0.1, 0.15) is 38.7 Å². The van der Waals surface area contributed by atoms with E-state index >= 15 is 0 Å². The highest BCUT2D eigenvalue weighted by Gasteiger charge is 2.22. The van der Waals surface area contributed by atoms with Gasteiger partial charge >= 0.3 is 0 Å². The molecule has 0 aliphatic carbocycles. The number of nitrogens with zero attached hydrogens (tertiary/aromatic N) is 2. The number of ether oxygens (including phenoxy) is 3. The lowest BCUT2D eigenvalue weighted by Crippen LogP contribution is -2.47. The molecule has 28 heavy (non-hydrogen) atoms. The Kier molecular flexibility index (Phi) is 10.1. The van der Waals surface area contributed by atoms with Gasteiger partial charge < -0.3 is 24.4 Å². The van der Waals surface area contributed by atoms with E-state index in [4.69, 9.17) is 19.2 Å². The number of hydrogen-bond donors (Lipinski definition) is 1. The topological polar surface area (TPSA) is 55.3 Å². The van der Waals surface area contributed by atoms with Crippen LogP contribution in [0.25, 0.3) is 0 Å². The second kappa shape index (κ2) is 12.6. The van der Waals surface area contributed by atoms with Crippen molar-refractivity contribution in [1.29, 1.82) is 0 Å². The summed E-state index contributed by atoms with van der Waals surface area (Å²) in [6.45, 7) is 11.2. The lowest BCUT2D eigenvalue weighted by Gasteiger charge is -2.34. The average Bonchev–Trinajstić information content (AvgIpc) is 2.69. The number of benzene rings is 1. The first-order valence-electron chi connectivity index (χ1n) is 10.5. The molecule has 1 aliphatic rings. The SMILES string of the molecule is CCNC(=NCC(C)Oc1cccc(C)c1)N1CCC(OCCCOC)CC1. The number of aliphatic imine (C=N–C) groups is 1. The van der Waals surface area contributed by atoms with Crippen molar-refractivity contribution in [2.75, 3.05) is 46.5 Å². The summed E-state index contributed by atoms with van der Waals surface area (Å²) in [6.07, 6.45) is 3.40. The fourth-order valence-corrected chi connectivity index (χ4v) is 3.29. The summed E-state index contributed by atoms with van der Waals surface area (Å²) in [6, 6.07) is 8.15. The molecule has 1 fully saturated rings. The van der Waals surface area contributed by atoms with Crippen molar-refractivity contribution >= 4 is 5.96 Å². The van der Waals surface area contributed by atoms with Gasteiger partial charge in [0.05, 0.1) is 12.6 Å². The highest BCUT2D eigenvalue weighted by molar-refractivity contribution is 5.80. The minimum atomic E-state index is 0.0251. The number of rotatable bonds is 10. The van der Waals surface area contributed by atoms with Crippen LogP contribution < -0.4 is 10.1 Å². The van der Waals surface area contributed by atoms with Crippen molar-refractivity contribution in [1.82, 2.24) is 10.2 Å². The van der Waals surface area contributed by atoms with E-state index < -0.39 is 0 Å². The first kappa shape index (κ1) is 22.5. The van der Waals surface area contributed by atoms with Gasteiger partial charge in [0.25, 0.3) is 0 Å². The number of guanidine groups is 1. The number of nitrogens with one attached hydrogen (secondary N) is 1. The van der Waals surface area contributed by atoms with Crippen LogP contribution in [0.2, 0.25) is 0 Å². The number of methoxy groups -OCH3 is 1. The second-order valence-corrected chi connectivity index (χ2v) is 7.34. The molecule has 0 saturated carbocycles. The van der Waals surface area contributed by atoms with Gasteiger partial charge in [-0.1, -0.05) is 12.1 Å². The maximum absolute atomic E-state index is 6.01. The van der Waals surface area contributed by atoms with E-state index in [-0.39, 0.29) is 6.10 Å². The van der Waals surface area contributed by atoms with E-state index in [9.17, 15) is 0 Å². The first-order chi connectivity index (χ1) is 13.6. The third kappa shape index (κ3) is 8.07. The van der Waals surface area contributed by atoms with E-state index in [0.717, 1.165) is 63.8 Å². The second-order valence-electron chi connectivity index (χ2n) is 7.34. The monoisotopic (exact) mass is 391 g/mol. The zero-order chi connectivity index (χ0) is 20.2. The fourth-order valence-electron chi connectivity index (χ4n) is 3.29. The molecular weight excluding hydrogens is 354 g/mol. The predicted molar refractivity (Wildman–Crippen MR) is 114 cm³/mol. The molecule has 0 radical (unpaired) electrons. The van der Waals surface area contributed by atoms with Crippen molar-refractivity contribution in [3.05, 3.63) is 29.8 Å². The Morgan fingerprint density at radius 3 is 2.75 bits per heavy atom. The van der Waals surface area contributed by atoms with Gasteiger partial charge in [0.2, 0.25) is 0 Å². The van der Waals surface area contributed by atoms with Gasteiger partial charge in [-0.2, -0.15) is 0 Å². The summed E-state index contributed by atoms with van der Waals surface area (Å²) in [4.78, 5) is 7.15. The van der Waals surface area contributed by atoms with Crippen molar-refractivity contribution in [2.24, 2.45) is 4.99 Å². The molecule has 2 rings (SSSR count). The van der Waals surface area contributed by atoms with Crippen LogP contribution in [-0.4, -0.2) is 69.6 Å². The Morgan fingerprint density at radius 2 is 2.07 bits per heavy atom. The maximum atomic E-state index is 6.01. The van der Waals surface area contributed by atoms with Crippen molar-refractivity contribution in [3.63, 3.8) is 0 Å². The van der Waals surface area contributed by atoms with Crippen LogP contribution in [0.4, 0.5) is 0 Å². The number of hydrogen-bond acceptors (Lipinski definition) is 4. The highest BCUT2D eigenvalue weighted by atomic mass is 16.5. The van der Waals surface area contributed by atoms with Gasteiger partial charge in [0, 0.05) is 40.0 Å². The summed E-state index contributed by atoms with van der Waals surface area (Å²) in [5.41, 5.74) is 1.20. The van der Waals surface area contributed by atoms with Gasteiger partial charge in [-0.25, -0.2) is 4.99 Å². The molecule has 1 unspecified atom stereocenters. The summed E-state index contributed by atoms with van der Waals surface area (Å²) in [5.74, 6) is 1.87. The molecule has 1 aromatic rings. The van der Waals surface area contributed by atoms with Gasteiger partial charge in [0.1, 0.15) is 11.9 Å². The summed E-state index contributed by atoms with van der Waals surface area (Å²) in [7, 11) is 1.73. The van der Waals surface area contributed by atoms with Crippen molar-refractivity contribution in [2.45, 2.75) is 52.2 Å². The number of likely N-dealkylation sites (tertiary alicyclic amines) is 1. The van der Waals surface area contributed by atoms with E-state index in [1.165, 1.54) is 5.56 Å². The summed E-state index contributed by atoms with van der Waals surface area (Å²) >= 11 is 0. The van der Waals surface area contributed by atoms with Gasteiger partial charge in [-0.15, -0.1) is 0 Å². The molecular formula is C22H37N3O3. The predicted octanol–water partition coefficient (Wildman–Crippen LogP) is 3.25. The zero-order valence-corrected chi connectivity index (χ0v) is 17.9. The Labute approximate surface area is 170 Å². The third-order valence-corrected chi connectivity index (χ3v) is 4.75. The summed E-state index contributed by atoms with van der Waals surface area (Å²) < 4.78 is 17.0. The molecule has 6 heteroatoms. The largest absolute Gasteiger partial charge is 0.489 e. The van der Waals surface area contributed by atoms with Crippen molar-refractivity contribution < 1.29 is 14.2 Å². The first-order valence-corrected chi connectivity index (χ1v) is 10.5. The molecule has 158 valence electrons. The normalized spacial score (nSPS) is 16.9. The quantitative estimate of drug-likeness (QED) is 0.377. The Balaban J connectivity index is 1.80. The number of piperidine rings is 1. The average molecular weight is 392 g/mol. The van der Waals surface area contributed by atoms with Gasteiger partial charge in [-0.05, 0) is 57.7 Å². The Bertz CT molecular complexity index is 586. The molecule has 0 amide bonds. The molecule has 1 saturated heterocycles.